The van der Waals surface area contributed by atoms with Crippen molar-refractivity contribution in [2.45, 2.75) is 33.3 Å². The highest BCUT2D eigenvalue weighted by atomic mass is 16.6. The van der Waals surface area contributed by atoms with Crippen LogP contribution in [0.15, 0.2) is 36.4 Å². The molecule has 0 aliphatic heterocycles. The molecule has 0 amide bonds. The predicted molar refractivity (Wildman–Crippen MR) is 76.6 cm³/mol. The van der Waals surface area contributed by atoms with Crippen molar-refractivity contribution in [3.8, 4) is 0 Å². The molecule has 1 unspecified atom stereocenters. The highest BCUT2D eigenvalue weighted by molar-refractivity contribution is 5.89. The first kappa shape index (κ1) is 15.9. The molecular formula is C15H19NO4. The lowest BCUT2D eigenvalue weighted by Crippen LogP contribution is -2.24. The SMILES string of the molecule is C=C(C)CC(OC(=O)c1ccc([N+](=O)[O-])cc1)C(C)C. The molecule has 1 aromatic rings. The molecule has 0 saturated carbocycles. The van der Waals surface area contributed by atoms with Gasteiger partial charge in [-0.25, -0.2) is 4.79 Å². The average Bonchev–Trinajstić information content (AvgIpc) is 2.37. The molecule has 0 bridgehead atoms. The number of nitro groups is 1. The molecule has 1 atom stereocenters. The molecule has 0 saturated heterocycles. The van der Waals surface area contributed by atoms with E-state index in [9.17, 15) is 14.9 Å². The van der Waals surface area contributed by atoms with Gasteiger partial charge in [-0.15, -0.1) is 6.58 Å². The first-order chi connectivity index (χ1) is 9.31. The first-order valence-corrected chi connectivity index (χ1v) is 6.41. The summed E-state index contributed by atoms with van der Waals surface area (Å²) in [4.78, 5) is 22.0. The highest BCUT2D eigenvalue weighted by Crippen LogP contribution is 2.18. The number of hydrogen-bond acceptors (Lipinski definition) is 4. The van der Waals surface area contributed by atoms with Crippen LogP contribution >= 0.6 is 0 Å². The quantitative estimate of drug-likeness (QED) is 0.344. The third kappa shape index (κ3) is 4.50. The second kappa shape index (κ2) is 6.84. The monoisotopic (exact) mass is 277 g/mol. The number of nitrogens with zero attached hydrogens (tertiary/aromatic N) is 1. The standard InChI is InChI=1S/C15H19NO4/c1-10(2)9-14(11(3)4)20-15(17)12-5-7-13(8-6-12)16(18)19/h5-8,11,14H,1,9H2,2-4H3. The normalized spacial score (nSPS) is 12.0. The Hall–Kier alpha value is -2.17. The topological polar surface area (TPSA) is 69.4 Å². The Morgan fingerprint density at radius 2 is 1.90 bits per heavy atom. The Kier molecular flexibility index (Phi) is 5.43. The molecule has 5 nitrogen and oxygen atoms in total. The summed E-state index contributed by atoms with van der Waals surface area (Å²) in [6.45, 7) is 9.64. The highest BCUT2D eigenvalue weighted by Gasteiger charge is 2.20. The lowest BCUT2D eigenvalue weighted by molar-refractivity contribution is -0.384. The maximum atomic E-state index is 12.0. The zero-order valence-electron chi connectivity index (χ0n) is 12.0. The molecule has 108 valence electrons. The van der Waals surface area contributed by atoms with E-state index in [0.29, 0.717) is 12.0 Å². The number of carbonyl (C=O) groups excluding carboxylic acids is 1. The fourth-order valence-corrected chi connectivity index (χ4v) is 1.68. The number of esters is 1. The summed E-state index contributed by atoms with van der Waals surface area (Å²) in [5.74, 6) is -0.298. The minimum atomic E-state index is -0.507. The van der Waals surface area contributed by atoms with E-state index >= 15 is 0 Å². The van der Waals surface area contributed by atoms with Crippen LogP contribution in [0.1, 0.15) is 37.6 Å². The van der Waals surface area contributed by atoms with Gasteiger partial charge in [0.2, 0.25) is 0 Å². The molecule has 1 rings (SSSR count). The number of hydrogen-bond donors (Lipinski definition) is 0. The Bertz CT molecular complexity index is 505. The van der Waals surface area contributed by atoms with E-state index in [1.54, 1.807) is 0 Å². The van der Waals surface area contributed by atoms with Gasteiger partial charge in [0.1, 0.15) is 6.10 Å². The van der Waals surface area contributed by atoms with Crippen molar-refractivity contribution in [2.75, 3.05) is 0 Å². The van der Waals surface area contributed by atoms with Crippen LogP contribution in [0.3, 0.4) is 0 Å². The van der Waals surface area contributed by atoms with Gasteiger partial charge < -0.3 is 4.74 Å². The average molecular weight is 277 g/mol. The molecule has 0 aliphatic carbocycles. The molecule has 0 fully saturated rings. The molecule has 0 spiro atoms. The van der Waals surface area contributed by atoms with Crippen molar-refractivity contribution in [2.24, 2.45) is 5.92 Å². The minimum Gasteiger partial charge on any atom is -0.458 e. The fraction of sp³-hybridized carbons (Fsp3) is 0.400. The van der Waals surface area contributed by atoms with Gasteiger partial charge >= 0.3 is 5.97 Å². The third-order valence-corrected chi connectivity index (χ3v) is 2.87. The van der Waals surface area contributed by atoms with Crippen LogP contribution in [0.25, 0.3) is 0 Å². The Morgan fingerprint density at radius 3 is 2.30 bits per heavy atom. The largest absolute Gasteiger partial charge is 0.458 e. The van der Waals surface area contributed by atoms with Crippen LogP contribution in [0.5, 0.6) is 0 Å². The summed E-state index contributed by atoms with van der Waals surface area (Å²) >= 11 is 0. The van der Waals surface area contributed by atoms with Gasteiger partial charge in [0.15, 0.2) is 0 Å². The maximum absolute atomic E-state index is 12.0. The molecule has 0 heterocycles. The van der Waals surface area contributed by atoms with Crippen molar-refractivity contribution >= 4 is 11.7 Å². The van der Waals surface area contributed by atoms with Crippen LogP contribution in [0.4, 0.5) is 5.69 Å². The zero-order valence-corrected chi connectivity index (χ0v) is 12.0. The number of nitro benzene ring substituents is 1. The molecular weight excluding hydrogens is 258 g/mol. The summed E-state index contributed by atoms with van der Waals surface area (Å²) in [7, 11) is 0. The van der Waals surface area contributed by atoms with E-state index in [1.165, 1.54) is 24.3 Å². The summed E-state index contributed by atoms with van der Waals surface area (Å²) in [6, 6.07) is 5.39. The number of ether oxygens (including phenoxy) is 1. The van der Waals surface area contributed by atoms with Gasteiger partial charge in [0.05, 0.1) is 10.5 Å². The number of benzene rings is 1. The van der Waals surface area contributed by atoms with Gasteiger partial charge in [-0.05, 0) is 25.0 Å². The Balaban J connectivity index is 2.78. The molecule has 0 N–H and O–H groups in total. The second-order valence-corrected chi connectivity index (χ2v) is 5.15. The smallest absolute Gasteiger partial charge is 0.338 e. The van der Waals surface area contributed by atoms with Crippen molar-refractivity contribution in [1.82, 2.24) is 0 Å². The van der Waals surface area contributed by atoms with E-state index in [0.717, 1.165) is 5.57 Å². The van der Waals surface area contributed by atoms with Gasteiger partial charge in [0.25, 0.3) is 5.69 Å². The fourth-order valence-electron chi connectivity index (χ4n) is 1.68. The van der Waals surface area contributed by atoms with Crippen LogP contribution in [0.2, 0.25) is 0 Å². The minimum absolute atomic E-state index is 0.0519. The van der Waals surface area contributed by atoms with Crippen molar-refractivity contribution in [3.63, 3.8) is 0 Å². The van der Waals surface area contributed by atoms with Crippen LogP contribution in [-0.2, 0) is 4.74 Å². The Labute approximate surface area is 118 Å². The number of rotatable bonds is 6. The van der Waals surface area contributed by atoms with Crippen LogP contribution in [-0.4, -0.2) is 17.0 Å². The van der Waals surface area contributed by atoms with E-state index in [2.05, 4.69) is 6.58 Å². The predicted octanol–water partition coefficient (Wildman–Crippen LogP) is 3.74. The van der Waals surface area contributed by atoms with E-state index < -0.39 is 10.9 Å². The summed E-state index contributed by atoms with van der Waals surface area (Å²) in [5.41, 5.74) is 1.20. The molecule has 0 radical (unpaired) electrons. The van der Waals surface area contributed by atoms with Gasteiger partial charge in [-0.2, -0.15) is 0 Å². The third-order valence-electron chi connectivity index (χ3n) is 2.87. The van der Waals surface area contributed by atoms with Gasteiger partial charge in [0, 0.05) is 18.6 Å². The second-order valence-electron chi connectivity index (χ2n) is 5.15. The van der Waals surface area contributed by atoms with E-state index in [1.807, 2.05) is 20.8 Å². The number of non-ortho nitro benzene ring substituents is 1. The molecule has 20 heavy (non-hydrogen) atoms. The zero-order chi connectivity index (χ0) is 15.3. The molecule has 0 aromatic heterocycles. The summed E-state index contributed by atoms with van der Waals surface area (Å²) < 4.78 is 5.44. The van der Waals surface area contributed by atoms with Crippen molar-refractivity contribution < 1.29 is 14.5 Å². The number of carbonyl (C=O) groups is 1. The van der Waals surface area contributed by atoms with Crippen LogP contribution in [0, 0.1) is 16.0 Å². The maximum Gasteiger partial charge on any atom is 0.338 e. The van der Waals surface area contributed by atoms with Gasteiger partial charge in [-0.3, -0.25) is 10.1 Å². The molecule has 1 aromatic carbocycles. The van der Waals surface area contributed by atoms with Crippen LogP contribution < -0.4 is 0 Å². The summed E-state index contributed by atoms with van der Waals surface area (Å²) in [6.07, 6.45) is 0.367. The lowest BCUT2D eigenvalue weighted by atomic mass is 10.0. The lowest BCUT2D eigenvalue weighted by Gasteiger charge is -2.21. The Morgan fingerprint density at radius 1 is 1.35 bits per heavy atom. The first-order valence-electron chi connectivity index (χ1n) is 6.41. The van der Waals surface area contributed by atoms with Crippen molar-refractivity contribution in [1.29, 1.82) is 0 Å². The van der Waals surface area contributed by atoms with E-state index in [-0.39, 0.29) is 17.7 Å². The molecule has 0 aliphatic rings. The van der Waals surface area contributed by atoms with E-state index in [4.69, 9.17) is 4.74 Å². The van der Waals surface area contributed by atoms with Gasteiger partial charge in [-0.1, -0.05) is 19.4 Å². The molecule has 5 heteroatoms. The summed E-state index contributed by atoms with van der Waals surface area (Å²) in [5, 5.41) is 10.6. The van der Waals surface area contributed by atoms with Crippen molar-refractivity contribution in [3.05, 3.63) is 52.1 Å².